The number of hydrogen-bond acceptors (Lipinski definition) is 5. The summed E-state index contributed by atoms with van der Waals surface area (Å²) in [4.78, 5) is 37.3. The van der Waals surface area contributed by atoms with Crippen LogP contribution in [0.15, 0.2) is 47.4 Å². The molecule has 2 amide bonds. The molecule has 1 aliphatic heterocycles. The molecular formula is C22H21F3N2O4S. The van der Waals surface area contributed by atoms with Crippen LogP contribution in [0.25, 0.3) is 0 Å². The Balaban J connectivity index is 1.70. The van der Waals surface area contributed by atoms with E-state index in [4.69, 9.17) is 4.74 Å². The van der Waals surface area contributed by atoms with Crippen molar-refractivity contribution in [1.29, 1.82) is 0 Å². The molecule has 10 heteroatoms. The summed E-state index contributed by atoms with van der Waals surface area (Å²) in [6.45, 7) is 1.91. The van der Waals surface area contributed by atoms with E-state index in [0.717, 1.165) is 29.5 Å². The zero-order valence-corrected chi connectivity index (χ0v) is 18.1. The Morgan fingerprint density at radius 1 is 1.19 bits per heavy atom. The van der Waals surface area contributed by atoms with E-state index in [1.54, 1.807) is 12.1 Å². The Labute approximate surface area is 186 Å². The molecule has 0 aromatic heterocycles. The van der Waals surface area contributed by atoms with E-state index >= 15 is 0 Å². The zero-order valence-electron chi connectivity index (χ0n) is 17.3. The van der Waals surface area contributed by atoms with E-state index in [1.165, 1.54) is 13.2 Å². The van der Waals surface area contributed by atoms with Crippen molar-refractivity contribution in [3.05, 3.63) is 59.2 Å². The second-order valence-corrected chi connectivity index (χ2v) is 8.56. The number of fused-ring (bicyclic) bond motifs is 1. The van der Waals surface area contributed by atoms with E-state index in [-0.39, 0.29) is 18.5 Å². The molecule has 170 valence electrons. The first-order valence-electron chi connectivity index (χ1n) is 9.68. The number of anilines is 1. The number of thioether (sulfide) groups is 1. The molecule has 32 heavy (non-hydrogen) atoms. The Hall–Kier alpha value is -3.01. The molecule has 2 aromatic rings. The van der Waals surface area contributed by atoms with E-state index < -0.39 is 40.8 Å². The third kappa shape index (κ3) is 5.82. The van der Waals surface area contributed by atoms with Crippen molar-refractivity contribution in [3.8, 4) is 0 Å². The molecule has 2 N–H and O–H groups in total. The van der Waals surface area contributed by atoms with Crippen LogP contribution in [0.1, 0.15) is 35.6 Å². The summed E-state index contributed by atoms with van der Waals surface area (Å²) >= 11 is 1.02. The quantitative estimate of drug-likeness (QED) is 0.623. The fraction of sp³-hybridized carbons (Fsp3) is 0.318. The Bertz CT molecular complexity index is 1020. The number of carbonyl (C=O) groups excluding carboxylic acids is 3. The molecule has 2 aromatic carbocycles. The van der Waals surface area contributed by atoms with Gasteiger partial charge in [-0.25, -0.2) is 0 Å². The SMILES string of the molecule is COC(=O)C[C@H](NC(=O)C[C@@H]1Sc2ccc(C(F)(F)F)cc2NC1=O)c1ccc(C)cc1. The average molecular weight is 466 g/mol. The minimum absolute atomic E-state index is 0.0645. The molecule has 0 saturated carbocycles. The van der Waals surface area contributed by atoms with Gasteiger partial charge in [-0.3, -0.25) is 14.4 Å². The molecule has 1 aliphatic rings. The van der Waals surface area contributed by atoms with Crippen LogP contribution in [0, 0.1) is 6.92 Å². The molecular weight excluding hydrogens is 445 g/mol. The van der Waals surface area contributed by atoms with Gasteiger partial charge in [-0.05, 0) is 30.7 Å². The average Bonchev–Trinajstić information content (AvgIpc) is 2.73. The van der Waals surface area contributed by atoms with Gasteiger partial charge in [-0.15, -0.1) is 11.8 Å². The third-order valence-corrected chi connectivity index (χ3v) is 6.19. The van der Waals surface area contributed by atoms with Crippen LogP contribution in [-0.4, -0.2) is 30.1 Å². The smallest absolute Gasteiger partial charge is 0.416 e. The summed E-state index contributed by atoms with van der Waals surface area (Å²) in [5, 5.41) is 4.38. The van der Waals surface area contributed by atoms with E-state index in [2.05, 4.69) is 10.6 Å². The van der Waals surface area contributed by atoms with E-state index in [0.29, 0.717) is 10.5 Å². The number of alkyl halides is 3. The molecule has 1 heterocycles. The summed E-state index contributed by atoms with van der Waals surface area (Å²) in [5.41, 5.74) is 0.923. The van der Waals surface area contributed by atoms with Crippen LogP contribution in [0.3, 0.4) is 0 Å². The van der Waals surface area contributed by atoms with Crippen molar-refractivity contribution in [3.63, 3.8) is 0 Å². The number of esters is 1. The van der Waals surface area contributed by atoms with Gasteiger partial charge in [0.05, 0.1) is 36.1 Å². The Kier molecular flexibility index (Phi) is 7.12. The van der Waals surface area contributed by atoms with Gasteiger partial charge in [-0.1, -0.05) is 29.8 Å². The first-order chi connectivity index (χ1) is 15.1. The molecule has 0 unspecified atom stereocenters. The topological polar surface area (TPSA) is 84.5 Å². The highest BCUT2D eigenvalue weighted by atomic mass is 32.2. The predicted octanol–water partition coefficient (Wildman–Crippen LogP) is 4.24. The van der Waals surface area contributed by atoms with Crippen molar-refractivity contribution in [2.75, 3.05) is 12.4 Å². The number of methoxy groups -OCH3 is 1. The van der Waals surface area contributed by atoms with Crippen LogP contribution in [-0.2, 0) is 25.3 Å². The number of aryl methyl sites for hydroxylation is 1. The largest absolute Gasteiger partial charge is 0.469 e. The molecule has 6 nitrogen and oxygen atoms in total. The summed E-state index contributed by atoms with van der Waals surface area (Å²) in [7, 11) is 1.25. The highest BCUT2D eigenvalue weighted by Crippen LogP contribution is 2.40. The van der Waals surface area contributed by atoms with Gasteiger partial charge in [0.2, 0.25) is 11.8 Å². The lowest BCUT2D eigenvalue weighted by molar-refractivity contribution is -0.141. The molecule has 0 saturated heterocycles. The zero-order chi connectivity index (χ0) is 23.5. The fourth-order valence-electron chi connectivity index (χ4n) is 3.18. The van der Waals surface area contributed by atoms with Crippen LogP contribution >= 0.6 is 11.8 Å². The van der Waals surface area contributed by atoms with Crippen molar-refractivity contribution in [1.82, 2.24) is 5.32 Å². The molecule has 0 fully saturated rings. The summed E-state index contributed by atoms with van der Waals surface area (Å²) in [5.74, 6) is -1.53. The molecule has 0 spiro atoms. The second-order valence-electron chi connectivity index (χ2n) is 7.32. The minimum atomic E-state index is -4.52. The number of carbonyl (C=O) groups is 3. The first kappa shape index (κ1) is 23.6. The number of hydrogen-bond donors (Lipinski definition) is 2. The number of benzene rings is 2. The van der Waals surface area contributed by atoms with Gasteiger partial charge in [0.1, 0.15) is 0 Å². The van der Waals surface area contributed by atoms with Crippen molar-refractivity contribution in [2.45, 2.75) is 42.1 Å². The number of halogens is 3. The van der Waals surface area contributed by atoms with E-state index in [1.807, 2.05) is 19.1 Å². The van der Waals surface area contributed by atoms with Gasteiger partial charge < -0.3 is 15.4 Å². The predicted molar refractivity (Wildman–Crippen MR) is 113 cm³/mol. The fourth-order valence-corrected chi connectivity index (χ4v) is 4.27. The highest BCUT2D eigenvalue weighted by molar-refractivity contribution is 8.01. The van der Waals surface area contributed by atoms with Crippen molar-refractivity contribution < 1.29 is 32.3 Å². The monoisotopic (exact) mass is 466 g/mol. The van der Waals surface area contributed by atoms with Crippen LogP contribution in [0.4, 0.5) is 18.9 Å². The van der Waals surface area contributed by atoms with Crippen LogP contribution in [0.5, 0.6) is 0 Å². The van der Waals surface area contributed by atoms with Crippen molar-refractivity contribution in [2.24, 2.45) is 0 Å². The molecule has 3 rings (SSSR count). The van der Waals surface area contributed by atoms with Gasteiger partial charge in [-0.2, -0.15) is 13.2 Å². The molecule has 2 atom stereocenters. The van der Waals surface area contributed by atoms with Gasteiger partial charge >= 0.3 is 12.1 Å². The summed E-state index contributed by atoms with van der Waals surface area (Å²) < 4.78 is 43.4. The number of ether oxygens (including phenoxy) is 1. The molecule has 0 radical (unpaired) electrons. The van der Waals surface area contributed by atoms with E-state index in [9.17, 15) is 27.6 Å². The normalized spacial score (nSPS) is 16.5. The maximum Gasteiger partial charge on any atom is 0.416 e. The van der Waals surface area contributed by atoms with Crippen LogP contribution < -0.4 is 10.6 Å². The number of rotatable bonds is 6. The van der Waals surface area contributed by atoms with Gasteiger partial charge in [0, 0.05) is 11.3 Å². The lowest BCUT2D eigenvalue weighted by Gasteiger charge is -2.25. The maximum absolute atomic E-state index is 12.9. The maximum atomic E-state index is 12.9. The van der Waals surface area contributed by atoms with Gasteiger partial charge in [0.15, 0.2) is 0 Å². The highest BCUT2D eigenvalue weighted by Gasteiger charge is 2.34. The second kappa shape index (κ2) is 9.64. The van der Waals surface area contributed by atoms with Crippen LogP contribution in [0.2, 0.25) is 0 Å². The Morgan fingerprint density at radius 2 is 1.88 bits per heavy atom. The summed E-state index contributed by atoms with van der Waals surface area (Å²) in [6, 6.07) is 9.72. The van der Waals surface area contributed by atoms with Gasteiger partial charge in [0.25, 0.3) is 0 Å². The standard InChI is InChI=1S/C22H21F3N2O4S/c1-12-3-5-13(6-4-12)15(10-20(29)31-2)26-19(28)11-18-21(30)27-16-9-14(22(23,24)25)7-8-17(16)32-18/h3-9,15,18H,10-11H2,1-2H3,(H,26,28)(H,27,30)/t15-,18-/m0/s1. The minimum Gasteiger partial charge on any atom is -0.469 e. The molecule has 0 aliphatic carbocycles. The molecule has 0 bridgehead atoms. The number of nitrogens with one attached hydrogen (secondary N) is 2. The number of amides is 2. The lowest BCUT2D eigenvalue weighted by atomic mass is 10.0. The Morgan fingerprint density at radius 3 is 2.50 bits per heavy atom. The van der Waals surface area contributed by atoms with Crippen molar-refractivity contribution >= 4 is 35.2 Å². The lowest BCUT2D eigenvalue weighted by Crippen LogP contribution is -2.37. The summed E-state index contributed by atoms with van der Waals surface area (Å²) in [6.07, 6.45) is -4.81. The third-order valence-electron chi connectivity index (χ3n) is 4.91. The first-order valence-corrected chi connectivity index (χ1v) is 10.6.